The van der Waals surface area contributed by atoms with Crippen LogP contribution in [0.5, 0.6) is 0 Å². The normalized spacial score (nSPS) is 13.5. The summed E-state index contributed by atoms with van der Waals surface area (Å²) in [6, 6.07) is 8.12. The molecule has 0 unspecified atom stereocenters. The number of benzene rings is 2. The van der Waals surface area contributed by atoms with Gasteiger partial charge in [0, 0.05) is 42.1 Å². The third-order valence-corrected chi connectivity index (χ3v) is 8.24. The Bertz CT molecular complexity index is 1580. The van der Waals surface area contributed by atoms with E-state index in [1.807, 2.05) is 6.92 Å². The van der Waals surface area contributed by atoms with Crippen LogP contribution < -0.4 is 37.6 Å². The van der Waals surface area contributed by atoms with Crippen LogP contribution in [0.15, 0.2) is 54.6 Å². The second-order valence-electron chi connectivity index (χ2n) is 11.8. The number of thiol groups is 1. The number of carboxylic acids is 1. The molecule has 0 aliphatic heterocycles. The first-order valence-electron chi connectivity index (χ1n) is 16.4. The molecule has 0 heterocycles. The summed E-state index contributed by atoms with van der Waals surface area (Å²) in [6.45, 7) is 3.73. The highest BCUT2D eigenvalue weighted by molar-refractivity contribution is 7.80. The minimum Gasteiger partial charge on any atom is -0.481 e. The van der Waals surface area contributed by atoms with Gasteiger partial charge < -0.3 is 42.7 Å². The van der Waals surface area contributed by atoms with E-state index in [0.717, 1.165) is 0 Å². The summed E-state index contributed by atoms with van der Waals surface area (Å²) in [5, 5.41) is 43.0. The van der Waals surface area contributed by atoms with Gasteiger partial charge in [-0.3, -0.25) is 44.3 Å². The number of anilines is 1. The van der Waals surface area contributed by atoms with Crippen molar-refractivity contribution in [3.05, 3.63) is 70.3 Å². The van der Waals surface area contributed by atoms with E-state index < -0.39 is 71.0 Å². The smallest absolute Gasteiger partial charge is 0.303 e. The van der Waals surface area contributed by atoms with Crippen LogP contribution in [0.1, 0.15) is 56.3 Å². The molecule has 0 spiro atoms. The zero-order valence-corrected chi connectivity index (χ0v) is 29.6. The monoisotopic (exact) mass is 743 g/mol. The minimum atomic E-state index is -1.43. The molecule has 19 heteroatoms. The van der Waals surface area contributed by atoms with E-state index in [2.05, 4.69) is 44.5 Å². The zero-order chi connectivity index (χ0) is 38.8. The van der Waals surface area contributed by atoms with E-state index in [1.165, 1.54) is 24.3 Å². The maximum absolute atomic E-state index is 13.5. The Kier molecular flexibility index (Phi) is 17.5. The summed E-state index contributed by atoms with van der Waals surface area (Å²) in [4.78, 5) is 88.3. The predicted molar refractivity (Wildman–Crippen MR) is 195 cm³/mol. The van der Waals surface area contributed by atoms with Crippen LogP contribution >= 0.6 is 12.6 Å². The second kappa shape index (κ2) is 21.5. The lowest BCUT2D eigenvalue weighted by Gasteiger charge is -2.27. The van der Waals surface area contributed by atoms with Crippen molar-refractivity contribution in [3.8, 4) is 0 Å². The molecule has 0 aliphatic rings. The van der Waals surface area contributed by atoms with Crippen LogP contribution in [0.4, 0.5) is 11.4 Å². The number of rotatable bonds is 21. The molecular formula is C33H45N9O9S. The molecule has 0 fully saturated rings. The topological polar surface area (TPSA) is 288 Å². The molecule has 52 heavy (non-hydrogen) atoms. The average Bonchev–Trinajstić information content (AvgIpc) is 3.11. The largest absolute Gasteiger partial charge is 0.481 e. The second-order valence-corrected chi connectivity index (χ2v) is 12.1. The number of guanidine groups is 1. The molecule has 2 aromatic rings. The van der Waals surface area contributed by atoms with Crippen LogP contribution in [-0.4, -0.2) is 88.0 Å². The molecule has 282 valence electrons. The predicted octanol–water partition coefficient (Wildman–Crippen LogP) is 0.890. The quantitative estimate of drug-likeness (QED) is 0.0214. The van der Waals surface area contributed by atoms with Crippen molar-refractivity contribution in [1.29, 1.82) is 5.41 Å². The molecule has 2 aromatic carbocycles. The van der Waals surface area contributed by atoms with E-state index in [9.17, 15) is 44.0 Å². The molecular weight excluding hydrogens is 698 g/mol. The first-order chi connectivity index (χ1) is 24.7. The number of nitro benzene ring substituents is 1. The summed E-state index contributed by atoms with van der Waals surface area (Å²) in [5.74, 6) is -5.87. The van der Waals surface area contributed by atoms with Gasteiger partial charge in [0.25, 0.3) is 11.6 Å². The number of nitrogens with one attached hydrogen (secondary N) is 7. The van der Waals surface area contributed by atoms with Crippen molar-refractivity contribution in [2.24, 2.45) is 11.7 Å². The molecule has 0 aliphatic carbocycles. The highest BCUT2D eigenvalue weighted by Gasteiger charge is 2.33. The van der Waals surface area contributed by atoms with Gasteiger partial charge in [-0.2, -0.15) is 12.6 Å². The summed E-state index contributed by atoms with van der Waals surface area (Å²) in [7, 11) is 0. The average molecular weight is 744 g/mol. The number of aliphatic carboxylic acids is 1. The first-order valence-corrected chi connectivity index (χ1v) is 17.0. The number of carbonyl (C=O) groups excluding carboxylic acids is 5. The van der Waals surface area contributed by atoms with Crippen molar-refractivity contribution < 1.29 is 38.8 Å². The van der Waals surface area contributed by atoms with E-state index in [0.29, 0.717) is 12.0 Å². The number of hydrogen-bond acceptors (Lipinski definition) is 10. The molecule has 2 rings (SSSR count). The molecule has 0 aromatic heterocycles. The Morgan fingerprint density at radius 2 is 1.44 bits per heavy atom. The lowest BCUT2D eigenvalue weighted by Crippen LogP contribution is -2.59. The van der Waals surface area contributed by atoms with Crippen LogP contribution in [-0.2, 0) is 24.0 Å². The molecule has 18 nitrogen and oxygen atoms in total. The first kappa shape index (κ1) is 42.4. The fourth-order valence-corrected chi connectivity index (χ4v) is 5.00. The highest BCUT2D eigenvalue weighted by atomic mass is 32.1. The number of nitrogens with zero attached hydrogens (tertiary/aromatic N) is 1. The van der Waals surface area contributed by atoms with Crippen molar-refractivity contribution in [2.45, 2.75) is 70.1 Å². The van der Waals surface area contributed by atoms with E-state index >= 15 is 0 Å². The van der Waals surface area contributed by atoms with Crippen molar-refractivity contribution in [2.75, 3.05) is 17.6 Å². The van der Waals surface area contributed by atoms with Crippen LogP contribution in [0, 0.1) is 21.4 Å². The Balaban J connectivity index is 2.22. The van der Waals surface area contributed by atoms with Crippen molar-refractivity contribution >= 4 is 65.5 Å². The molecule has 10 N–H and O–H groups in total. The maximum Gasteiger partial charge on any atom is 0.303 e. The number of non-ortho nitro benzene ring substituents is 1. The fourth-order valence-electron chi connectivity index (χ4n) is 4.75. The number of nitro groups is 1. The summed E-state index contributed by atoms with van der Waals surface area (Å²) < 4.78 is 0. The molecule has 0 saturated carbocycles. The molecule has 5 amide bonds. The summed E-state index contributed by atoms with van der Waals surface area (Å²) in [6.07, 6.45) is -0.0832. The maximum atomic E-state index is 13.5. The number of hydrogen-bond donors (Lipinski definition) is 10. The van der Waals surface area contributed by atoms with E-state index in [4.69, 9.17) is 11.1 Å². The van der Waals surface area contributed by atoms with Gasteiger partial charge in [-0.1, -0.05) is 38.5 Å². The molecule has 0 radical (unpaired) electrons. The summed E-state index contributed by atoms with van der Waals surface area (Å²) in [5.41, 5.74) is 5.63. The fraction of sp³-hybridized carbons (Fsp3) is 0.424. The van der Waals surface area contributed by atoms with Gasteiger partial charge in [0.05, 0.1) is 4.92 Å². The number of nitrogens with two attached hydrogens (primary N) is 1. The van der Waals surface area contributed by atoms with Gasteiger partial charge in [0.15, 0.2) is 5.96 Å². The summed E-state index contributed by atoms with van der Waals surface area (Å²) >= 11 is 4.18. The van der Waals surface area contributed by atoms with Gasteiger partial charge in [0.1, 0.15) is 24.2 Å². The lowest BCUT2D eigenvalue weighted by molar-refractivity contribution is -0.384. The Morgan fingerprint density at radius 1 is 0.865 bits per heavy atom. The number of amides is 5. The standard InChI is InChI=1S/C33H45N9O9S/c1-3-19(2)27(41-28(45)20-8-5-4-6-9-20)32(49)39-24(15-16-26(43)44)30(47)40-25(18-52)31(48)38-23(10-7-17-36-33(34)35)29(46)37-21-11-13-22(14-12-21)42(50)51/h4-6,8-9,11-14,19,23-25,27,52H,3,7,10,15-18H2,1-2H3,(H,37,46)(H,38,48)(H,39,49)(H,40,47)(H,41,45)(H,43,44)(H4,34,35,36)/t19-,23-,24-,25-,27-/m0/s1. The van der Waals surface area contributed by atoms with Gasteiger partial charge in [-0.25, -0.2) is 0 Å². The Morgan fingerprint density at radius 3 is 2.00 bits per heavy atom. The van der Waals surface area contributed by atoms with Gasteiger partial charge >= 0.3 is 5.97 Å². The van der Waals surface area contributed by atoms with Gasteiger partial charge in [-0.05, 0) is 49.4 Å². The zero-order valence-electron chi connectivity index (χ0n) is 28.7. The Hall–Kier alpha value is -5.72. The van der Waals surface area contributed by atoms with Crippen LogP contribution in [0.25, 0.3) is 0 Å². The SMILES string of the molecule is CC[C@H](C)[C@H](NC(=O)c1ccccc1)C(=O)N[C@@H](CCC(=O)O)C(=O)N[C@@H](CS)C(=O)N[C@@H](CCCNC(=N)N)C(=O)Nc1ccc([N+](=O)[O-])cc1. The molecule has 5 atom stereocenters. The lowest BCUT2D eigenvalue weighted by atomic mass is 9.97. The minimum absolute atomic E-state index is 0.0427. The highest BCUT2D eigenvalue weighted by Crippen LogP contribution is 2.16. The van der Waals surface area contributed by atoms with E-state index in [1.54, 1.807) is 37.3 Å². The van der Waals surface area contributed by atoms with Crippen LogP contribution in [0.2, 0.25) is 0 Å². The van der Waals surface area contributed by atoms with Crippen molar-refractivity contribution in [3.63, 3.8) is 0 Å². The van der Waals surface area contributed by atoms with Crippen LogP contribution in [0.3, 0.4) is 0 Å². The van der Waals surface area contributed by atoms with E-state index in [-0.39, 0.29) is 54.8 Å². The van der Waals surface area contributed by atoms with Gasteiger partial charge in [-0.15, -0.1) is 0 Å². The van der Waals surface area contributed by atoms with Gasteiger partial charge in [0.2, 0.25) is 23.6 Å². The number of carbonyl (C=O) groups is 6. The van der Waals surface area contributed by atoms with Crippen molar-refractivity contribution in [1.82, 2.24) is 26.6 Å². The third kappa shape index (κ3) is 14.3. The Labute approximate surface area is 305 Å². The molecule has 0 bridgehead atoms. The molecule has 0 saturated heterocycles. The number of carboxylic acid groups (broad SMARTS) is 1. The third-order valence-electron chi connectivity index (χ3n) is 7.88.